The van der Waals surface area contributed by atoms with Crippen molar-refractivity contribution in [2.45, 2.75) is 12.5 Å². The van der Waals surface area contributed by atoms with E-state index >= 15 is 0 Å². The molecule has 0 radical (unpaired) electrons. The molecule has 4 rings (SSSR count). The Morgan fingerprint density at radius 3 is 2.27 bits per heavy atom. The van der Waals surface area contributed by atoms with E-state index in [9.17, 15) is 14.7 Å². The quantitative estimate of drug-likeness (QED) is 0.379. The van der Waals surface area contributed by atoms with Crippen molar-refractivity contribution in [2.75, 3.05) is 0 Å². The first-order valence-corrected chi connectivity index (χ1v) is 10.7. The van der Waals surface area contributed by atoms with Gasteiger partial charge in [-0.25, -0.2) is 9.67 Å². The van der Waals surface area contributed by atoms with Crippen molar-refractivity contribution in [2.24, 2.45) is 0 Å². The largest absolute Gasteiger partial charge is 0.481 e. The molecule has 0 aliphatic rings. The van der Waals surface area contributed by atoms with Gasteiger partial charge in [0.1, 0.15) is 0 Å². The normalized spacial score (nSPS) is 11.7. The Kier molecular flexibility index (Phi) is 6.72. The summed E-state index contributed by atoms with van der Waals surface area (Å²) in [6.45, 7) is 0. The maximum atomic E-state index is 13.1. The number of hydrogen-bond acceptors (Lipinski definition) is 4. The molecular weight excluding hydrogens is 463 g/mol. The van der Waals surface area contributed by atoms with Crippen LogP contribution in [0.3, 0.4) is 0 Å². The average Bonchev–Trinajstić information content (AvgIpc) is 3.27. The van der Waals surface area contributed by atoms with Crippen LogP contribution in [0.1, 0.15) is 28.6 Å². The number of amides is 1. The molecule has 4 aromatic rings. The number of benzene rings is 3. The molecule has 33 heavy (non-hydrogen) atoms. The number of carbonyl (C=O) groups excluding carboxylic acids is 1. The third-order valence-electron chi connectivity index (χ3n) is 4.88. The van der Waals surface area contributed by atoms with Gasteiger partial charge in [-0.1, -0.05) is 83.9 Å². The molecule has 0 saturated carbocycles. The third-order valence-corrected chi connectivity index (χ3v) is 5.72. The molecule has 0 saturated heterocycles. The zero-order valence-electron chi connectivity index (χ0n) is 17.2. The Labute approximate surface area is 199 Å². The summed E-state index contributed by atoms with van der Waals surface area (Å²) in [6, 6.07) is 22.5. The van der Waals surface area contributed by atoms with Crippen LogP contribution in [0.25, 0.3) is 17.1 Å². The van der Waals surface area contributed by atoms with Gasteiger partial charge in [-0.15, -0.1) is 5.10 Å². The molecular formula is C24H18Cl2N4O3. The predicted molar refractivity (Wildman–Crippen MR) is 126 cm³/mol. The summed E-state index contributed by atoms with van der Waals surface area (Å²) in [5.41, 5.74) is 1.89. The second-order valence-electron chi connectivity index (χ2n) is 7.14. The molecule has 0 unspecified atom stereocenters. The van der Waals surface area contributed by atoms with E-state index in [1.165, 1.54) is 0 Å². The minimum absolute atomic E-state index is 0.105. The van der Waals surface area contributed by atoms with Crippen molar-refractivity contribution in [3.8, 4) is 17.1 Å². The minimum Gasteiger partial charge on any atom is -0.481 e. The molecule has 1 amide bonds. The van der Waals surface area contributed by atoms with Crippen LogP contribution in [0.4, 0.5) is 0 Å². The van der Waals surface area contributed by atoms with E-state index < -0.39 is 24.3 Å². The summed E-state index contributed by atoms with van der Waals surface area (Å²) in [5.74, 6) is -1.37. The molecule has 0 aliphatic carbocycles. The number of aliphatic carboxylic acids is 1. The van der Waals surface area contributed by atoms with Gasteiger partial charge in [0.05, 0.1) is 28.2 Å². The topological polar surface area (TPSA) is 97.1 Å². The standard InChI is InChI=1S/C24H18Cl2N4O3/c25-18-13-7-12-17(21(18)26)19(14-20(31)32)27-24(33)22-28-23(15-8-3-1-4-9-15)30(29-22)16-10-5-2-6-11-16/h1-13,19H,14H2,(H,27,33)(H,31,32)/t19-/m0/s1. The molecule has 2 N–H and O–H groups in total. The molecule has 1 heterocycles. The summed E-state index contributed by atoms with van der Waals surface area (Å²) in [4.78, 5) is 29.0. The van der Waals surface area contributed by atoms with E-state index in [0.717, 1.165) is 11.3 Å². The summed E-state index contributed by atoms with van der Waals surface area (Å²) in [5, 5.41) is 16.9. The first-order chi connectivity index (χ1) is 15.9. The van der Waals surface area contributed by atoms with Crippen LogP contribution in [0.5, 0.6) is 0 Å². The lowest BCUT2D eigenvalue weighted by Gasteiger charge is -2.18. The van der Waals surface area contributed by atoms with Gasteiger partial charge in [-0.2, -0.15) is 0 Å². The van der Waals surface area contributed by atoms with E-state index in [1.807, 2.05) is 60.7 Å². The zero-order chi connectivity index (χ0) is 23.4. The van der Waals surface area contributed by atoms with Gasteiger partial charge < -0.3 is 10.4 Å². The Morgan fingerprint density at radius 2 is 1.61 bits per heavy atom. The van der Waals surface area contributed by atoms with E-state index in [4.69, 9.17) is 23.2 Å². The number of carboxylic acid groups (broad SMARTS) is 1. The van der Waals surface area contributed by atoms with Crippen molar-refractivity contribution in [1.29, 1.82) is 0 Å². The second-order valence-corrected chi connectivity index (χ2v) is 7.92. The highest BCUT2D eigenvalue weighted by molar-refractivity contribution is 6.42. The Bertz CT molecular complexity index is 1240. The highest BCUT2D eigenvalue weighted by Crippen LogP contribution is 2.31. The number of nitrogens with zero attached hydrogens (tertiary/aromatic N) is 3. The van der Waals surface area contributed by atoms with E-state index in [1.54, 1.807) is 22.9 Å². The fourth-order valence-electron chi connectivity index (χ4n) is 3.36. The maximum absolute atomic E-state index is 13.1. The van der Waals surface area contributed by atoms with Gasteiger partial charge in [-0.3, -0.25) is 9.59 Å². The van der Waals surface area contributed by atoms with Gasteiger partial charge in [0.15, 0.2) is 5.82 Å². The van der Waals surface area contributed by atoms with Gasteiger partial charge >= 0.3 is 5.97 Å². The summed E-state index contributed by atoms with van der Waals surface area (Å²) in [6.07, 6.45) is -0.392. The maximum Gasteiger partial charge on any atom is 0.305 e. The summed E-state index contributed by atoms with van der Waals surface area (Å²) < 4.78 is 1.57. The lowest BCUT2D eigenvalue weighted by Crippen LogP contribution is -2.31. The third kappa shape index (κ3) is 5.05. The van der Waals surface area contributed by atoms with Gasteiger partial charge in [0, 0.05) is 5.56 Å². The molecule has 166 valence electrons. The smallest absolute Gasteiger partial charge is 0.305 e. The number of hydrogen-bond donors (Lipinski definition) is 2. The lowest BCUT2D eigenvalue weighted by atomic mass is 10.0. The molecule has 1 atom stereocenters. The van der Waals surface area contributed by atoms with Crippen molar-refractivity contribution < 1.29 is 14.7 Å². The Morgan fingerprint density at radius 1 is 0.939 bits per heavy atom. The van der Waals surface area contributed by atoms with E-state index in [-0.39, 0.29) is 15.9 Å². The summed E-state index contributed by atoms with van der Waals surface area (Å²) >= 11 is 12.4. The van der Waals surface area contributed by atoms with E-state index in [0.29, 0.717) is 11.4 Å². The van der Waals surface area contributed by atoms with Crippen LogP contribution in [0, 0.1) is 0 Å². The number of para-hydroxylation sites is 1. The second kappa shape index (κ2) is 9.85. The molecule has 9 heteroatoms. The first kappa shape index (κ1) is 22.5. The number of carbonyl (C=O) groups is 2. The Balaban J connectivity index is 1.72. The number of halogens is 2. The monoisotopic (exact) mass is 480 g/mol. The van der Waals surface area contributed by atoms with Crippen LogP contribution in [0.2, 0.25) is 10.0 Å². The number of carboxylic acids is 1. The number of aromatic nitrogens is 3. The summed E-state index contributed by atoms with van der Waals surface area (Å²) in [7, 11) is 0. The molecule has 0 spiro atoms. The van der Waals surface area contributed by atoms with Gasteiger partial charge in [0.2, 0.25) is 5.82 Å². The van der Waals surface area contributed by atoms with Crippen LogP contribution >= 0.6 is 23.2 Å². The van der Waals surface area contributed by atoms with Crippen molar-refractivity contribution in [3.63, 3.8) is 0 Å². The van der Waals surface area contributed by atoms with Crippen LogP contribution in [-0.4, -0.2) is 31.7 Å². The predicted octanol–water partition coefficient (Wildman–Crippen LogP) is 5.19. The minimum atomic E-state index is -1.11. The molecule has 3 aromatic carbocycles. The fourth-order valence-corrected chi connectivity index (χ4v) is 3.80. The highest BCUT2D eigenvalue weighted by atomic mass is 35.5. The van der Waals surface area contributed by atoms with Crippen LogP contribution < -0.4 is 5.32 Å². The highest BCUT2D eigenvalue weighted by Gasteiger charge is 2.25. The Hall–Kier alpha value is -3.68. The van der Waals surface area contributed by atoms with Crippen molar-refractivity contribution in [3.05, 3.63) is 100 Å². The van der Waals surface area contributed by atoms with Gasteiger partial charge in [0.25, 0.3) is 5.91 Å². The van der Waals surface area contributed by atoms with Crippen molar-refractivity contribution in [1.82, 2.24) is 20.1 Å². The molecule has 1 aromatic heterocycles. The average molecular weight is 481 g/mol. The molecule has 0 bridgehead atoms. The van der Waals surface area contributed by atoms with Crippen LogP contribution in [-0.2, 0) is 4.79 Å². The van der Waals surface area contributed by atoms with E-state index in [2.05, 4.69) is 15.4 Å². The number of rotatable bonds is 7. The molecule has 0 aliphatic heterocycles. The van der Waals surface area contributed by atoms with Gasteiger partial charge in [-0.05, 0) is 23.8 Å². The van der Waals surface area contributed by atoms with Crippen LogP contribution in [0.15, 0.2) is 78.9 Å². The fraction of sp³-hybridized carbons (Fsp3) is 0.0833. The lowest BCUT2D eigenvalue weighted by molar-refractivity contribution is -0.137. The molecule has 7 nitrogen and oxygen atoms in total. The number of nitrogens with one attached hydrogen (secondary N) is 1. The SMILES string of the molecule is O=C(O)C[C@H](NC(=O)c1nc(-c2ccccc2)n(-c2ccccc2)n1)c1cccc(Cl)c1Cl. The van der Waals surface area contributed by atoms with Crippen molar-refractivity contribution >= 4 is 35.1 Å². The first-order valence-electron chi connectivity index (χ1n) is 9.98. The molecule has 0 fully saturated rings. The zero-order valence-corrected chi connectivity index (χ0v) is 18.7.